The zero-order chi connectivity index (χ0) is 24.1. The molecule has 0 bridgehead atoms. The van der Waals surface area contributed by atoms with E-state index in [-0.39, 0.29) is 29.8 Å². The van der Waals surface area contributed by atoms with Gasteiger partial charge in [-0.15, -0.1) is 0 Å². The molecule has 0 aliphatic rings. The van der Waals surface area contributed by atoms with Crippen molar-refractivity contribution in [2.45, 2.75) is 78.4 Å². The van der Waals surface area contributed by atoms with E-state index in [1.807, 2.05) is 13.8 Å². The maximum absolute atomic E-state index is 13.2. The number of carbonyl (C=O) groups is 2. The standard InChI is InChI=1S/C26H34Cl2N2O2/c1-17(2)29-25(32)18(3)30(16-20-10-13-22(27)15-23(20)28)24(31)14-9-19-7-11-21(12-8-19)26(4,5)6/h7-8,10-13,15,17-18H,9,14,16H2,1-6H3,(H,29,32). The van der Waals surface area contributed by atoms with Crippen LogP contribution in [0.1, 0.15) is 64.7 Å². The lowest BCUT2D eigenvalue weighted by Crippen LogP contribution is -2.49. The summed E-state index contributed by atoms with van der Waals surface area (Å²) in [5.74, 6) is -0.282. The van der Waals surface area contributed by atoms with Crippen LogP contribution in [0.4, 0.5) is 0 Å². The lowest BCUT2D eigenvalue weighted by atomic mass is 9.86. The molecule has 2 rings (SSSR count). The number of aryl methyl sites for hydroxylation is 1. The van der Waals surface area contributed by atoms with E-state index < -0.39 is 6.04 Å². The Morgan fingerprint density at radius 3 is 2.16 bits per heavy atom. The van der Waals surface area contributed by atoms with Crippen molar-refractivity contribution in [1.82, 2.24) is 10.2 Å². The fraction of sp³-hybridized carbons (Fsp3) is 0.462. The van der Waals surface area contributed by atoms with E-state index in [1.165, 1.54) is 5.56 Å². The molecule has 2 aromatic rings. The minimum Gasteiger partial charge on any atom is -0.352 e. The Morgan fingerprint density at radius 1 is 1.00 bits per heavy atom. The summed E-state index contributed by atoms with van der Waals surface area (Å²) < 4.78 is 0. The molecule has 1 N–H and O–H groups in total. The van der Waals surface area contributed by atoms with Crippen molar-refractivity contribution in [2.75, 3.05) is 0 Å². The summed E-state index contributed by atoms with van der Waals surface area (Å²) in [5, 5.41) is 3.90. The minimum atomic E-state index is -0.625. The highest BCUT2D eigenvalue weighted by Gasteiger charge is 2.27. The van der Waals surface area contributed by atoms with Gasteiger partial charge in [0, 0.05) is 29.1 Å². The number of amides is 2. The van der Waals surface area contributed by atoms with Crippen molar-refractivity contribution >= 4 is 35.0 Å². The van der Waals surface area contributed by atoms with Crippen molar-refractivity contribution in [2.24, 2.45) is 0 Å². The van der Waals surface area contributed by atoms with Crippen molar-refractivity contribution in [3.05, 3.63) is 69.2 Å². The van der Waals surface area contributed by atoms with E-state index in [2.05, 4.69) is 50.4 Å². The number of nitrogens with zero attached hydrogens (tertiary/aromatic N) is 1. The molecule has 0 saturated heterocycles. The topological polar surface area (TPSA) is 49.4 Å². The fourth-order valence-electron chi connectivity index (χ4n) is 3.39. The van der Waals surface area contributed by atoms with Crippen molar-refractivity contribution in [1.29, 1.82) is 0 Å². The second kappa shape index (κ2) is 11.2. The summed E-state index contributed by atoms with van der Waals surface area (Å²) in [6.45, 7) is 12.3. The van der Waals surface area contributed by atoms with E-state index >= 15 is 0 Å². The Morgan fingerprint density at radius 2 is 1.62 bits per heavy atom. The first-order valence-corrected chi connectivity index (χ1v) is 11.8. The molecule has 0 radical (unpaired) electrons. The lowest BCUT2D eigenvalue weighted by Gasteiger charge is -2.30. The summed E-state index contributed by atoms with van der Waals surface area (Å²) in [4.78, 5) is 27.5. The van der Waals surface area contributed by atoms with E-state index in [0.29, 0.717) is 22.9 Å². The van der Waals surface area contributed by atoms with Crippen LogP contribution in [0.25, 0.3) is 0 Å². The van der Waals surface area contributed by atoms with Crippen LogP contribution < -0.4 is 5.32 Å². The van der Waals surface area contributed by atoms with Crippen LogP contribution in [0.2, 0.25) is 10.0 Å². The van der Waals surface area contributed by atoms with Gasteiger partial charge in [0.1, 0.15) is 6.04 Å². The third-order valence-electron chi connectivity index (χ3n) is 5.40. The zero-order valence-electron chi connectivity index (χ0n) is 19.8. The van der Waals surface area contributed by atoms with E-state index in [4.69, 9.17) is 23.2 Å². The molecule has 2 amide bonds. The van der Waals surface area contributed by atoms with Gasteiger partial charge in [-0.3, -0.25) is 9.59 Å². The van der Waals surface area contributed by atoms with Gasteiger partial charge in [-0.05, 0) is 61.4 Å². The third kappa shape index (κ3) is 7.53. The zero-order valence-corrected chi connectivity index (χ0v) is 21.3. The van der Waals surface area contributed by atoms with Gasteiger partial charge in [-0.1, -0.05) is 74.3 Å². The van der Waals surface area contributed by atoms with Gasteiger partial charge in [-0.25, -0.2) is 0 Å². The Bertz CT molecular complexity index is 934. The van der Waals surface area contributed by atoms with Crippen LogP contribution in [0.3, 0.4) is 0 Å². The van der Waals surface area contributed by atoms with Gasteiger partial charge in [0.25, 0.3) is 0 Å². The normalized spacial score (nSPS) is 12.5. The number of rotatable bonds is 8. The molecule has 0 aromatic heterocycles. The maximum Gasteiger partial charge on any atom is 0.242 e. The molecular weight excluding hydrogens is 443 g/mol. The predicted octanol–water partition coefficient (Wildman–Crippen LogP) is 6.17. The quantitative estimate of drug-likeness (QED) is 0.495. The highest BCUT2D eigenvalue weighted by Crippen LogP contribution is 2.25. The van der Waals surface area contributed by atoms with Crippen molar-refractivity contribution < 1.29 is 9.59 Å². The first kappa shape index (κ1) is 26.2. The molecule has 32 heavy (non-hydrogen) atoms. The average molecular weight is 477 g/mol. The summed E-state index contributed by atoms with van der Waals surface area (Å²) in [7, 11) is 0. The Kier molecular flexibility index (Phi) is 9.18. The molecule has 2 aromatic carbocycles. The van der Waals surface area contributed by atoms with Crippen LogP contribution >= 0.6 is 23.2 Å². The lowest BCUT2D eigenvalue weighted by molar-refractivity contribution is -0.140. The third-order valence-corrected chi connectivity index (χ3v) is 5.99. The molecular formula is C26H34Cl2N2O2. The van der Waals surface area contributed by atoms with Crippen LogP contribution in [0, 0.1) is 0 Å². The molecule has 1 unspecified atom stereocenters. The SMILES string of the molecule is CC(C)NC(=O)C(C)N(Cc1ccc(Cl)cc1Cl)C(=O)CCc1ccc(C(C)(C)C)cc1. The first-order valence-electron chi connectivity index (χ1n) is 11.0. The number of halogens is 2. The first-order chi connectivity index (χ1) is 14.9. The van der Waals surface area contributed by atoms with Gasteiger partial charge in [0.05, 0.1) is 0 Å². The molecule has 4 nitrogen and oxygen atoms in total. The molecule has 0 aliphatic heterocycles. The summed E-state index contributed by atoms with van der Waals surface area (Å²) in [6.07, 6.45) is 0.909. The molecule has 0 spiro atoms. The summed E-state index contributed by atoms with van der Waals surface area (Å²) >= 11 is 12.4. The number of hydrogen-bond donors (Lipinski definition) is 1. The van der Waals surface area contributed by atoms with Gasteiger partial charge in [-0.2, -0.15) is 0 Å². The minimum absolute atomic E-state index is 0.0117. The molecule has 0 heterocycles. The van der Waals surface area contributed by atoms with Gasteiger partial charge in [0.15, 0.2) is 0 Å². The number of hydrogen-bond acceptors (Lipinski definition) is 2. The van der Waals surface area contributed by atoms with Crippen LogP contribution in [0.15, 0.2) is 42.5 Å². The van der Waals surface area contributed by atoms with E-state index in [0.717, 1.165) is 11.1 Å². The number of nitrogens with one attached hydrogen (secondary N) is 1. The van der Waals surface area contributed by atoms with Crippen molar-refractivity contribution in [3.63, 3.8) is 0 Å². The van der Waals surface area contributed by atoms with Crippen LogP contribution in [-0.4, -0.2) is 28.8 Å². The summed E-state index contributed by atoms with van der Waals surface area (Å²) in [5.41, 5.74) is 3.19. The van der Waals surface area contributed by atoms with Crippen LogP contribution in [-0.2, 0) is 28.0 Å². The van der Waals surface area contributed by atoms with E-state index in [1.54, 1.807) is 30.0 Å². The Labute approximate surface area is 202 Å². The Hall–Kier alpha value is -2.04. The molecule has 6 heteroatoms. The molecule has 0 aliphatic carbocycles. The maximum atomic E-state index is 13.2. The highest BCUT2D eigenvalue weighted by atomic mass is 35.5. The van der Waals surface area contributed by atoms with Crippen LogP contribution in [0.5, 0.6) is 0 Å². The van der Waals surface area contributed by atoms with Gasteiger partial charge < -0.3 is 10.2 Å². The average Bonchev–Trinajstić information content (AvgIpc) is 2.70. The second-order valence-corrected chi connectivity index (χ2v) is 10.4. The predicted molar refractivity (Wildman–Crippen MR) is 133 cm³/mol. The monoisotopic (exact) mass is 476 g/mol. The fourth-order valence-corrected chi connectivity index (χ4v) is 3.86. The highest BCUT2D eigenvalue weighted by molar-refractivity contribution is 6.35. The second-order valence-electron chi connectivity index (χ2n) is 9.54. The van der Waals surface area contributed by atoms with E-state index in [9.17, 15) is 9.59 Å². The molecule has 0 fully saturated rings. The molecule has 1 atom stereocenters. The number of carbonyl (C=O) groups excluding carboxylic acids is 2. The van der Waals surface area contributed by atoms with Crippen molar-refractivity contribution in [3.8, 4) is 0 Å². The van der Waals surface area contributed by atoms with Gasteiger partial charge in [0.2, 0.25) is 11.8 Å². The summed E-state index contributed by atoms with van der Waals surface area (Å²) in [6, 6.07) is 12.9. The molecule has 0 saturated carbocycles. The largest absolute Gasteiger partial charge is 0.352 e. The Balaban J connectivity index is 2.18. The molecule has 174 valence electrons. The van der Waals surface area contributed by atoms with Gasteiger partial charge >= 0.3 is 0 Å². The number of benzene rings is 2. The smallest absolute Gasteiger partial charge is 0.242 e.